The van der Waals surface area contributed by atoms with Crippen LogP contribution in [0.2, 0.25) is 0 Å². The molecule has 3 nitrogen and oxygen atoms in total. The second-order valence-electron chi connectivity index (χ2n) is 6.08. The van der Waals surface area contributed by atoms with Gasteiger partial charge < -0.3 is 10.6 Å². The minimum atomic E-state index is 0.442. The van der Waals surface area contributed by atoms with E-state index in [9.17, 15) is 0 Å². The van der Waals surface area contributed by atoms with E-state index in [2.05, 4.69) is 16.9 Å². The van der Waals surface area contributed by atoms with Crippen molar-refractivity contribution in [2.45, 2.75) is 25.7 Å². The molecule has 0 aliphatic heterocycles. The van der Waals surface area contributed by atoms with Crippen molar-refractivity contribution in [1.82, 2.24) is 4.98 Å². The number of fused-ring (bicyclic) bond motifs is 2. The molecule has 3 atom stereocenters. The van der Waals surface area contributed by atoms with Gasteiger partial charge in [0.25, 0.3) is 0 Å². The molecule has 3 rings (SSSR count). The first kappa shape index (κ1) is 12.9. The molecular formula is C15H21N3S. The van der Waals surface area contributed by atoms with E-state index >= 15 is 0 Å². The summed E-state index contributed by atoms with van der Waals surface area (Å²) < 4.78 is 0. The monoisotopic (exact) mass is 275 g/mol. The Morgan fingerprint density at radius 3 is 2.95 bits per heavy atom. The van der Waals surface area contributed by atoms with Crippen LogP contribution in [0.15, 0.2) is 18.3 Å². The minimum absolute atomic E-state index is 0.442. The zero-order chi connectivity index (χ0) is 13.4. The predicted molar refractivity (Wildman–Crippen MR) is 82.3 cm³/mol. The van der Waals surface area contributed by atoms with Gasteiger partial charge in [-0.2, -0.15) is 0 Å². The van der Waals surface area contributed by atoms with Gasteiger partial charge in [-0.25, -0.2) is 4.98 Å². The summed E-state index contributed by atoms with van der Waals surface area (Å²) in [5.74, 6) is 3.78. The average Bonchev–Trinajstić information content (AvgIpc) is 3.01. The molecule has 2 N–H and O–H groups in total. The number of hydrogen-bond acceptors (Lipinski definition) is 3. The maximum absolute atomic E-state index is 5.68. The molecule has 0 spiro atoms. The molecule has 19 heavy (non-hydrogen) atoms. The summed E-state index contributed by atoms with van der Waals surface area (Å²) in [6, 6.07) is 3.87. The lowest BCUT2D eigenvalue weighted by Crippen LogP contribution is -2.29. The van der Waals surface area contributed by atoms with Gasteiger partial charge in [-0.3, -0.25) is 0 Å². The third kappa shape index (κ3) is 2.59. The smallest absolute Gasteiger partial charge is 0.128 e. The Hall–Kier alpha value is -1.16. The quantitative estimate of drug-likeness (QED) is 0.858. The molecular weight excluding hydrogens is 254 g/mol. The molecule has 0 saturated heterocycles. The molecule has 0 amide bonds. The highest BCUT2D eigenvalue weighted by molar-refractivity contribution is 7.80. The van der Waals surface area contributed by atoms with Gasteiger partial charge in [-0.05, 0) is 49.1 Å². The Bertz CT molecular complexity index is 488. The van der Waals surface area contributed by atoms with Crippen molar-refractivity contribution in [2.24, 2.45) is 23.5 Å². The van der Waals surface area contributed by atoms with Crippen molar-refractivity contribution in [3.05, 3.63) is 23.9 Å². The molecule has 1 aromatic rings. The normalized spacial score (nSPS) is 28.6. The zero-order valence-electron chi connectivity index (χ0n) is 11.4. The van der Waals surface area contributed by atoms with E-state index in [1.165, 1.54) is 25.7 Å². The maximum Gasteiger partial charge on any atom is 0.128 e. The number of aromatic nitrogens is 1. The van der Waals surface area contributed by atoms with Crippen molar-refractivity contribution in [2.75, 3.05) is 18.5 Å². The fourth-order valence-corrected chi connectivity index (χ4v) is 3.95. The van der Waals surface area contributed by atoms with Crippen LogP contribution in [0.5, 0.6) is 0 Å². The highest BCUT2D eigenvalue weighted by Crippen LogP contribution is 2.48. The Morgan fingerprint density at radius 1 is 1.47 bits per heavy atom. The van der Waals surface area contributed by atoms with Gasteiger partial charge in [0.15, 0.2) is 0 Å². The summed E-state index contributed by atoms with van der Waals surface area (Å²) in [5, 5.41) is 0. The van der Waals surface area contributed by atoms with E-state index in [0.717, 1.165) is 35.7 Å². The van der Waals surface area contributed by atoms with E-state index in [1.54, 1.807) is 6.20 Å². The first-order valence-corrected chi connectivity index (χ1v) is 7.51. The zero-order valence-corrected chi connectivity index (χ0v) is 12.2. The van der Waals surface area contributed by atoms with Gasteiger partial charge in [0, 0.05) is 25.4 Å². The number of nitrogens with zero attached hydrogens (tertiary/aromatic N) is 2. The molecule has 1 heterocycles. The van der Waals surface area contributed by atoms with E-state index in [1.807, 2.05) is 12.1 Å². The number of pyridine rings is 1. The fraction of sp³-hybridized carbons (Fsp3) is 0.600. The number of nitrogens with two attached hydrogens (primary N) is 1. The predicted octanol–water partition coefficient (Wildman–Crippen LogP) is 2.59. The van der Waals surface area contributed by atoms with Gasteiger partial charge >= 0.3 is 0 Å². The van der Waals surface area contributed by atoms with E-state index < -0.39 is 0 Å². The lowest BCUT2D eigenvalue weighted by atomic mass is 9.88. The van der Waals surface area contributed by atoms with Gasteiger partial charge in [-0.1, -0.05) is 18.6 Å². The molecule has 3 unspecified atom stereocenters. The maximum atomic E-state index is 5.68. The van der Waals surface area contributed by atoms with Crippen LogP contribution in [0, 0.1) is 17.8 Å². The van der Waals surface area contributed by atoms with E-state index in [-0.39, 0.29) is 0 Å². The van der Waals surface area contributed by atoms with Crippen LogP contribution in [0.1, 0.15) is 31.2 Å². The lowest BCUT2D eigenvalue weighted by molar-refractivity contribution is 0.337. The Morgan fingerprint density at radius 2 is 2.32 bits per heavy atom. The standard InChI is InChI=1S/C15H21N3S/c1-18(9-13-7-10-2-3-11(13)6-10)14-8-12(15(16)19)4-5-17-14/h4-5,8,10-11,13H,2-3,6-7,9H2,1H3,(H2,16,19). The van der Waals surface area contributed by atoms with Crippen molar-refractivity contribution in [3.63, 3.8) is 0 Å². The van der Waals surface area contributed by atoms with E-state index in [4.69, 9.17) is 18.0 Å². The second kappa shape index (κ2) is 5.08. The minimum Gasteiger partial charge on any atom is -0.389 e. The van der Waals surface area contributed by atoms with Crippen molar-refractivity contribution in [1.29, 1.82) is 0 Å². The Kier molecular flexibility index (Phi) is 3.44. The number of rotatable bonds is 4. The van der Waals surface area contributed by atoms with Crippen molar-refractivity contribution >= 4 is 23.0 Å². The van der Waals surface area contributed by atoms with Crippen LogP contribution < -0.4 is 10.6 Å². The molecule has 0 radical (unpaired) electrons. The van der Waals surface area contributed by atoms with Gasteiger partial charge in [0.05, 0.1) is 0 Å². The highest BCUT2D eigenvalue weighted by atomic mass is 32.1. The molecule has 2 aliphatic rings. The Balaban J connectivity index is 1.68. The third-order valence-electron chi connectivity index (χ3n) is 4.81. The second-order valence-corrected chi connectivity index (χ2v) is 6.52. The summed E-state index contributed by atoms with van der Waals surface area (Å²) in [4.78, 5) is 7.14. The topological polar surface area (TPSA) is 42.1 Å². The van der Waals surface area contributed by atoms with Gasteiger partial charge in [-0.15, -0.1) is 0 Å². The molecule has 1 aromatic heterocycles. The van der Waals surface area contributed by atoms with Crippen LogP contribution in [0.3, 0.4) is 0 Å². The van der Waals surface area contributed by atoms with Crippen LogP contribution in [-0.2, 0) is 0 Å². The number of anilines is 1. The summed E-state index contributed by atoms with van der Waals surface area (Å²) in [7, 11) is 2.12. The largest absolute Gasteiger partial charge is 0.389 e. The summed E-state index contributed by atoms with van der Waals surface area (Å²) in [6.07, 6.45) is 7.55. The molecule has 2 bridgehead atoms. The third-order valence-corrected chi connectivity index (χ3v) is 5.05. The first-order valence-electron chi connectivity index (χ1n) is 7.10. The number of hydrogen-bond donors (Lipinski definition) is 1. The molecule has 4 heteroatoms. The lowest BCUT2D eigenvalue weighted by Gasteiger charge is -2.28. The molecule has 2 aliphatic carbocycles. The average molecular weight is 275 g/mol. The molecule has 0 aromatic carbocycles. The van der Waals surface area contributed by atoms with Crippen LogP contribution in [0.4, 0.5) is 5.82 Å². The SMILES string of the molecule is CN(CC1CC2CCC1C2)c1cc(C(N)=S)ccn1. The number of thiocarbonyl (C=S) groups is 1. The van der Waals surface area contributed by atoms with Crippen LogP contribution in [-0.4, -0.2) is 23.6 Å². The highest BCUT2D eigenvalue weighted by Gasteiger charge is 2.39. The van der Waals surface area contributed by atoms with Gasteiger partial charge in [0.2, 0.25) is 0 Å². The molecule has 2 fully saturated rings. The molecule has 2 saturated carbocycles. The van der Waals surface area contributed by atoms with Crippen molar-refractivity contribution in [3.8, 4) is 0 Å². The van der Waals surface area contributed by atoms with Crippen LogP contribution in [0.25, 0.3) is 0 Å². The van der Waals surface area contributed by atoms with Crippen molar-refractivity contribution < 1.29 is 0 Å². The first-order chi connectivity index (χ1) is 9.13. The summed E-state index contributed by atoms with van der Waals surface area (Å²) >= 11 is 5.03. The van der Waals surface area contributed by atoms with Crippen LogP contribution >= 0.6 is 12.2 Å². The molecule has 102 valence electrons. The van der Waals surface area contributed by atoms with E-state index in [0.29, 0.717) is 4.99 Å². The summed E-state index contributed by atoms with van der Waals surface area (Å²) in [6.45, 7) is 1.11. The van der Waals surface area contributed by atoms with Gasteiger partial charge in [0.1, 0.15) is 10.8 Å². The summed E-state index contributed by atoms with van der Waals surface area (Å²) in [5.41, 5.74) is 6.58. The fourth-order valence-electron chi connectivity index (χ4n) is 3.83. The Labute approximate surface area is 120 Å².